The lowest BCUT2D eigenvalue weighted by molar-refractivity contribution is 0.255. The number of hydrogen-bond acceptors (Lipinski definition) is 7. The Morgan fingerprint density at radius 1 is 1.14 bits per heavy atom. The molecule has 3 N–H and O–H groups in total. The van der Waals surface area contributed by atoms with Crippen molar-refractivity contribution in [3.05, 3.63) is 34.3 Å². The third kappa shape index (κ3) is 4.54. The minimum Gasteiger partial charge on any atom is -0.463 e. The van der Waals surface area contributed by atoms with E-state index in [0.29, 0.717) is 13.2 Å². The smallest absolute Gasteiger partial charge is 0.324 e. The van der Waals surface area contributed by atoms with Crippen molar-refractivity contribution < 1.29 is 9.47 Å². The quantitative estimate of drug-likeness (QED) is 0.582. The van der Waals surface area contributed by atoms with E-state index in [0.717, 1.165) is 16.5 Å². The number of nitrogens with one attached hydrogen (secondary N) is 1. The number of benzene rings is 1. The van der Waals surface area contributed by atoms with Crippen LogP contribution in [0.2, 0.25) is 0 Å². The van der Waals surface area contributed by atoms with Gasteiger partial charge in [0.15, 0.2) is 0 Å². The first-order valence-corrected chi connectivity index (χ1v) is 7.24. The fourth-order valence-electron chi connectivity index (χ4n) is 1.48. The average Bonchev–Trinajstić information content (AvgIpc) is 2.52. The van der Waals surface area contributed by atoms with Crippen molar-refractivity contribution >= 4 is 21.9 Å². The number of halogens is 1. The van der Waals surface area contributed by atoms with Gasteiger partial charge in [-0.1, -0.05) is 41.1 Å². The molecule has 7 nitrogen and oxygen atoms in total. The lowest BCUT2D eigenvalue weighted by Gasteiger charge is -2.09. The molecule has 1 aromatic carbocycles. The van der Waals surface area contributed by atoms with Crippen LogP contribution in [0, 0.1) is 0 Å². The Morgan fingerprint density at radius 2 is 1.86 bits per heavy atom. The summed E-state index contributed by atoms with van der Waals surface area (Å²) in [7, 11) is 0. The Labute approximate surface area is 131 Å². The molecule has 2 aromatic rings. The summed E-state index contributed by atoms with van der Waals surface area (Å²) in [6.45, 7) is 2.83. The molecule has 21 heavy (non-hydrogen) atoms. The Morgan fingerprint density at radius 3 is 2.52 bits per heavy atom. The molecule has 0 amide bonds. The molecular formula is C13H16BrN5O2. The molecule has 0 atom stereocenters. The largest absolute Gasteiger partial charge is 0.463 e. The van der Waals surface area contributed by atoms with Gasteiger partial charge in [-0.2, -0.15) is 9.97 Å². The molecule has 112 valence electrons. The van der Waals surface area contributed by atoms with Gasteiger partial charge in [0.25, 0.3) is 0 Å². The van der Waals surface area contributed by atoms with Gasteiger partial charge in [-0.05, 0) is 12.5 Å². The maximum Gasteiger partial charge on any atom is 0.324 e. The van der Waals surface area contributed by atoms with Crippen molar-refractivity contribution in [3.63, 3.8) is 0 Å². The molecule has 1 aromatic heterocycles. The molecule has 0 aliphatic rings. The van der Waals surface area contributed by atoms with Gasteiger partial charge in [-0.15, -0.1) is 4.98 Å². The number of nitrogens with two attached hydrogens (primary N) is 1. The van der Waals surface area contributed by atoms with Crippen LogP contribution in [0.1, 0.15) is 18.9 Å². The first-order valence-electron chi connectivity index (χ1n) is 6.44. The molecule has 2 rings (SSSR count). The second-order valence-corrected chi connectivity index (χ2v) is 4.95. The van der Waals surface area contributed by atoms with Crippen LogP contribution in [0.3, 0.4) is 0 Å². The normalized spacial score (nSPS) is 10.2. The van der Waals surface area contributed by atoms with Gasteiger partial charge >= 0.3 is 12.0 Å². The molecule has 0 unspecified atom stereocenters. The van der Waals surface area contributed by atoms with Crippen LogP contribution >= 0.6 is 15.9 Å². The number of rotatable bonds is 7. The summed E-state index contributed by atoms with van der Waals surface area (Å²) >= 11 is 3.46. The number of ether oxygens (including phenoxy) is 2. The Balaban J connectivity index is 2.09. The number of nitrogen functional groups attached to an aromatic ring is 1. The molecular weight excluding hydrogens is 338 g/mol. The van der Waals surface area contributed by atoms with Crippen LogP contribution in [0.4, 0.5) is 5.95 Å². The predicted molar refractivity (Wildman–Crippen MR) is 81.9 cm³/mol. The molecule has 0 spiro atoms. The number of hydrogen-bond donors (Lipinski definition) is 2. The highest BCUT2D eigenvalue weighted by atomic mass is 79.9. The maximum atomic E-state index is 5.57. The molecule has 0 fully saturated rings. The van der Waals surface area contributed by atoms with Crippen LogP contribution < -0.4 is 20.7 Å². The summed E-state index contributed by atoms with van der Waals surface area (Å²) in [4.78, 5) is 12.1. The van der Waals surface area contributed by atoms with Crippen molar-refractivity contribution in [3.8, 4) is 12.0 Å². The summed E-state index contributed by atoms with van der Waals surface area (Å²) in [5.74, 6) is 5.52. The van der Waals surface area contributed by atoms with Crippen LogP contribution in [-0.4, -0.2) is 21.6 Å². The van der Waals surface area contributed by atoms with Crippen LogP contribution in [0.5, 0.6) is 12.0 Å². The standard InChI is InChI=1S/C13H16BrN5O2/c1-2-7-20-12-16-11(19-15)17-13(18-12)21-8-9-5-3-4-6-10(9)14/h3-6H,2,7-8,15H2,1H3,(H,16,17,18,19). The molecule has 0 saturated heterocycles. The summed E-state index contributed by atoms with van der Waals surface area (Å²) < 4.78 is 11.9. The van der Waals surface area contributed by atoms with Gasteiger partial charge in [0.05, 0.1) is 6.61 Å². The zero-order valence-corrected chi connectivity index (χ0v) is 13.1. The van der Waals surface area contributed by atoms with Crippen molar-refractivity contribution in [1.29, 1.82) is 0 Å². The molecule has 0 aliphatic carbocycles. The number of anilines is 1. The van der Waals surface area contributed by atoms with E-state index in [2.05, 4.69) is 36.3 Å². The predicted octanol–water partition coefficient (Wildman–Crippen LogP) is 2.29. The van der Waals surface area contributed by atoms with Crippen LogP contribution in [0.15, 0.2) is 28.7 Å². The van der Waals surface area contributed by atoms with E-state index in [4.69, 9.17) is 15.3 Å². The highest BCUT2D eigenvalue weighted by molar-refractivity contribution is 9.10. The number of aromatic nitrogens is 3. The lowest BCUT2D eigenvalue weighted by atomic mass is 10.2. The molecule has 8 heteroatoms. The highest BCUT2D eigenvalue weighted by Gasteiger charge is 2.09. The molecule has 1 heterocycles. The van der Waals surface area contributed by atoms with Crippen LogP contribution in [-0.2, 0) is 6.61 Å². The van der Waals surface area contributed by atoms with E-state index in [-0.39, 0.29) is 18.0 Å². The van der Waals surface area contributed by atoms with Gasteiger partial charge in [0.2, 0.25) is 5.95 Å². The molecule has 0 radical (unpaired) electrons. The first-order chi connectivity index (χ1) is 10.2. The third-order valence-electron chi connectivity index (χ3n) is 2.47. The molecule has 0 bridgehead atoms. The summed E-state index contributed by atoms with van der Waals surface area (Å²) in [5, 5.41) is 0. The van der Waals surface area contributed by atoms with Gasteiger partial charge in [0.1, 0.15) is 6.61 Å². The van der Waals surface area contributed by atoms with E-state index < -0.39 is 0 Å². The van der Waals surface area contributed by atoms with E-state index >= 15 is 0 Å². The zero-order valence-electron chi connectivity index (χ0n) is 11.5. The molecule has 0 aliphatic heterocycles. The SMILES string of the molecule is CCCOc1nc(NN)nc(OCc2ccccc2Br)n1. The fourth-order valence-corrected chi connectivity index (χ4v) is 1.88. The van der Waals surface area contributed by atoms with E-state index in [1.54, 1.807) is 0 Å². The second-order valence-electron chi connectivity index (χ2n) is 4.10. The third-order valence-corrected chi connectivity index (χ3v) is 3.25. The second kappa shape index (κ2) is 7.75. The Kier molecular flexibility index (Phi) is 5.70. The average molecular weight is 354 g/mol. The maximum absolute atomic E-state index is 5.57. The lowest BCUT2D eigenvalue weighted by Crippen LogP contribution is -2.13. The topological polar surface area (TPSA) is 95.2 Å². The fraction of sp³-hybridized carbons (Fsp3) is 0.308. The van der Waals surface area contributed by atoms with Crippen molar-refractivity contribution in [1.82, 2.24) is 15.0 Å². The Bertz CT molecular complexity index is 597. The van der Waals surface area contributed by atoms with Gasteiger partial charge in [-0.25, -0.2) is 5.84 Å². The van der Waals surface area contributed by atoms with Gasteiger partial charge in [0, 0.05) is 10.0 Å². The first kappa shape index (κ1) is 15.5. The summed E-state index contributed by atoms with van der Waals surface area (Å²) in [5.41, 5.74) is 3.34. The van der Waals surface area contributed by atoms with Crippen molar-refractivity contribution in [2.45, 2.75) is 20.0 Å². The van der Waals surface area contributed by atoms with Crippen molar-refractivity contribution in [2.24, 2.45) is 5.84 Å². The molecule has 0 saturated carbocycles. The minimum atomic E-state index is 0.153. The summed E-state index contributed by atoms with van der Waals surface area (Å²) in [6.07, 6.45) is 0.851. The minimum absolute atomic E-state index is 0.153. The van der Waals surface area contributed by atoms with Gasteiger partial charge in [-0.3, -0.25) is 5.43 Å². The van der Waals surface area contributed by atoms with Crippen molar-refractivity contribution in [2.75, 3.05) is 12.0 Å². The van der Waals surface area contributed by atoms with Gasteiger partial charge < -0.3 is 9.47 Å². The zero-order chi connectivity index (χ0) is 15.1. The van der Waals surface area contributed by atoms with Crippen LogP contribution in [0.25, 0.3) is 0 Å². The highest BCUT2D eigenvalue weighted by Crippen LogP contribution is 2.18. The Hall–Kier alpha value is -1.93. The van der Waals surface area contributed by atoms with E-state index in [9.17, 15) is 0 Å². The number of nitrogens with zero attached hydrogens (tertiary/aromatic N) is 3. The monoisotopic (exact) mass is 353 g/mol. The van der Waals surface area contributed by atoms with E-state index in [1.165, 1.54) is 0 Å². The summed E-state index contributed by atoms with van der Waals surface area (Å²) in [6, 6.07) is 8.08. The van der Waals surface area contributed by atoms with E-state index in [1.807, 2.05) is 31.2 Å². The number of hydrazine groups is 1.